The summed E-state index contributed by atoms with van der Waals surface area (Å²) in [5, 5.41) is 8.54. The summed E-state index contributed by atoms with van der Waals surface area (Å²) in [4.78, 5) is 14.2. The quantitative estimate of drug-likeness (QED) is 0.636. The zero-order valence-electron chi connectivity index (χ0n) is 9.27. The summed E-state index contributed by atoms with van der Waals surface area (Å²) >= 11 is 0. The van der Waals surface area contributed by atoms with Crippen molar-refractivity contribution >= 4 is 5.97 Å². The highest BCUT2D eigenvalue weighted by molar-refractivity contribution is 5.73. The van der Waals surface area contributed by atoms with Crippen molar-refractivity contribution in [1.82, 2.24) is 9.55 Å². The van der Waals surface area contributed by atoms with Gasteiger partial charge in [-0.2, -0.15) is 0 Å². The molecule has 0 aliphatic rings. The van der Waals surface area contributed by atoms with Gasteiger partial charge in [0.1, 0.15) is 6.04 Å². The number of nitrogens with zero attached hydrogens (tertiary/aromatic N) is 2. The van der Waals surface area contributed by atoms with Gasteiger partial charge in [0, 0.05) is 23.7 Å². The summed E-state index contributed by atoms with van der Waals surface area (Å²) in [7, 11) is 0. The second-order valence-electron chi connectivity index (χ2n) is 2.42. The van der Waals surface area contributed by atoms with Crippen LogP contribution in [0.4, 0.5) is 0 Å². The lowest BCUT2D eigenvalue weighted by Gasteiger charge is -2.01. The van der Waals surface area contributed by atoms with Crippen LogP contribution in [0.3, 0.4) is 0 Å². The maximum absolute atomic E-state index is 10.4. The number of aryl methyl sites for hydroxylation is 1. The van der Waals surface area contributed by atoms with Crippen LogP contribution in [0.15, 0.2) is 12.5 Å². The maximum Gasteiger partial charge on any atom is 0.320 e. The highest BCUT2D eigenvalue weighted by Gasteiger charge is 2.12. The molecule has 0 aromatic carbocycles. The Morgan fingerprint density at radius 2 is 2.83 bits per heavy atom. The van der Waals surface area contributed by atoms with Crippen molar-refractivity contribution in [2.24, 2.45) is 12.7 Å². The predicted octanol–water partition coefficient (Wildman–Crippen LogP) is -0.626. The zero-order valence-corrected chi connectivity index (χ0v) is 6.27. The first-order valence-electron chi connectivity index (χ1n) is 4.82. The molecule has 0 fully saturated rings. The molecule has 0 amide bonds. The second-order valence-corrected chi connectivity index (χ2v) is 2.42. The highest BCUT2D eigenvalue weighted by atomic mass is 16.4. The Kier molecular flexibility index (Phi) is 1.49. The van der Waals surface area contributed by atoms with Crippen molar-refractivity contribution in [2.75, 3.05) is 0 Å². The van der Waals surface area contributed by atoms with E-state index in [1.54, 1.807) is 0 Å². The Morgan fingerprint density at radius 1 is 2.08 bits per heavy atom. The van der Waals surface area contributed by atoms with E-state index in [0.717, 1.165) is 10.9 Å². The molecule has 1 rings (SSSR count). The van der Waals surface area contributed by atoms with Crippen LogP contribution in [0, 0.1) is 0 Å². The number of aliphatic carboxylic acids is 1. The van der Waals surface area contributed by atoms with E-state index < -0.39 is 19.0 Å². The van der Waals surface area contributed by atoms with Crippen molar-refractivity contribution in [3.8, 4) is 0 Å². The summed E-state index contributed by atoms with van der Waals surface area (Å²) in [6.45, 7) is -2.29. The van der Waals surface area contributed by atoms with Crippen LogP contribution in [0.5, 0.6) is 0 Å². The van der Waals surface area contributed by atoms with Crippen LogP contribution in [-0.2, 0) is 18.2 Å². The lowest BCUT2D eigenvalue weighted by atomic mass is 10.2. The van der Waals surface area contributed by atoms with Gasteiger partial charge in [-0.3, -0.25) is 4.79 Å². The Balaban J connectivity index is 2.73. The molecule has 3 N–H and O–H groups in total. The van der Waals surface area contributed by atoms with Crippen molar-refractivity contribution < 1.29 is 14.0 Å². The molecule has 0 bridgehead atoms. The minimum Gasteiger partial charge on any atom is -0.480 e. The van der Waals surface area contributed by atoms with Crippen LogP contribution in [0.2, 0.25) is 0 Å². The standard InChI is InChI=1S/C7H11N3O2/c1-10-3-5(9-4-10)2-6(8)7(11)12/h3-4,6H,2,8H2,1H3,(H,11,12)/t6-/m0/s1/i1D3. The zero-order chi connectivity index (χ0) is 11.6. The normalized spacial score (nSPS) is 17.6. The van der Waals surface area contributed by atoms with E-state index in [1.165, 1.54) is 6.20 Å². The second kappa shape index (κ2) is 3.36. The number of carbonyl (C=O) groups is 1. The molecule has 1 heterocycles. The lowest BCUT2D eigenvalue weighted by Crippen LogP contribution is -2.32. The van der Waals surface area contributed by atoms with Crippen molar-refractivity contribution in [3.63, 3.8) is 0 Å². The van der Waals surface area contributed by atoms with E-state index in [1.807, 2.05) is 0 Å². The molecular formula is C7H11N3O2. The molecule has 0 radical (unpaired) electrons. The van der Waals surface area contributed by atoms with Gasteiger partial charge in [0.2, 0.25) is 0 Å². The van der Waals surface area contributed by atoms with Gasteiger partial charge in [-0.1, -0.05) is 0 Å². The Hall–Kier alpha value is -1.36. The number of carboxylic acid groups (broad SMARTS) is 1. The average Bonchev–Trinajstić information content (AvgIpc) is 2.51. The molecule has 0 spiro atoms. The van der Waals surface area contributed by atoms with Crippen LogP contribution in [0.25, 0.3) is 0 Å². The first-order valence-corrected chi connectivity index (χ1v) is 3.32. The van der Waals surface area contributed by atoms with E-state index in [-0.39, 0.29) is 6.42 Å². The number of imidazole rings is 1. The third-order valence-corrected chi connectivity index (χ3v) is 1.38. The third-order valence-electron chi connectivity index (χ3n) is 1.38. The first-order chi connectivity index (χ1) is 6.80. The molecule has 1 aromatic rings. The molecule has 1 aromatic heterocycles. The van der Waals surface area contributed by atoms with Gasteiger partial charge >= 0.3 is 5.97 Å². The molecular weight excluding hydrogens is 158 g/mol. The van der Waals surface area contributed by atoms with Gasteiger partial charge in [0.05, 0.1) is 12.0 Å². The average molecular weight is 172 g/mol. The summed E-state index contributed by atoms with van der Waals surface area (Å²) in [6.07, 6.45) is 2.42. The van der Waals surface area contributed by atoms with Gasteiger partial charge in [0.15, 0.2) is 0 Å². The third kappa shape index (κ3) is 2.06. The summed E-state index contributed by atoms with van der Waals surface area (Å²) in [5.74, 6) is -1.14. The number of nitrogens with two attached hydrogens (primary N) is 1. The summed E-state index contributed by atoms with van der Waals surface area (Å²) in [5.41, 5.74) is 5.63. The molecule has 5 nitrogen and oxygen atoms in total. The topological polar surface area (TPSA) is 81.1 Å². The maximum atomic E-state index is 10.4. The van der Waals surface area contributed by atoms with Crippen LogP contribution in [0.1, 0.15) is 9.81 Å². The van der Waals surface area contributed by atoms with Crippen molar-refractivity contribution in [3.05, 3.63) is 18.2 Å². The minimum absolute atomic E-state index is 0.0123. The summed E-state index contributed by atoms with van der Waals surface area (Å²) < 4.78 is 22.1. The van der Waals surface area contributed by atoms with Gasteiger partial charge in [-0.05, 0) is 0 Å². The molecule has 0 saturated carbocycles. The molecule has 0 unspecified atom stereocenters. The van der Waals surface area contributed by atoms with E-state index in [4.69, 9.17) is 15.0 Å². The van der Waals surface area contributed by atoms with E-state index in [0.29, 0.717) is 5.69 Å². The lowest BCUT2D eigenvalue weighted by molar-refractivity contribution is -0.138. The number of rotatable bonds is 3. The minimum atomic E-state index is -2.29. The van der Waals surface area contributed by atoms with Gasteiger partial charge < -0.3 is 15.4 Å². The number of aromatic nitrogens is 2. The molecule has 0 saturated heterocycles. The predicted molar refractivity (Wildman–Crippen MR) is 42.5 cm³/mol. The highest BCUT2D eigenvalue weighted by Crippen LogP contribution is 1.97. The monoisotopic (exact) mass is 172 g/mol. The summed E-state index contributed by atoms with van der Waals surface area (Å²) in [6, 6.07) is -1.06. The molecule has 12 heavy (non-hydrogen) atoms. The van der Waals surface area contributed by atoms with Crippen molar-refractivity contribution in [1.29, 1.82) is 0 Å². The van der Waals surface area contributed by atoms with Gasteiger partial charge in [-0.15, -0.1) is 0 Å². The number of hydrogen-bond donors (Lipinski definition) is 2. The van der Waals surface area contributed by atoms with Crippen molar-refractivity contribution in [2.45, 2.75) is 12.5 Å². The molecule has 66 valence electrons. The SMILES string of the molecule is [2H]C([2H])([2H])n1cnc(C[C@H](N)C(=O)O)c1. The molecule has 5 heteroatoms. The fraction of sp³-hybridized carbons (Fsp3) is 0.429. The fourth-order valence-electron chi connectivity index (χ4n) is 0.782. The smallest absolute Gasteiger partial charge is 0.320 e. The van der Waals surface area contributed by atoms with E-state index in [9.17, 15) is 4.79 Å². The number of hydrogen-bond acceptors (Lipinski definition) is 3. The molecule has 1 atom stereocenters. The van der Waals surface area contributed by atoms with E-state index >= 15 is 0 Å². The first kappa shape index (κ1) is 5.31. The van der Waals surface area contributed by atoms with Gasteiger partial charge in [0.25, 0.3) is 0 Å². The number of carboxylic acids is 1. The Morgan fingerprint density at radius 3 is 3.33 bits per heavy atom. The molecule has 0 aliphatic carbocycles. The Labute approximate surface area is 74.0 Å². The van der Waals surface area contributed by atoms with Gasteiger partial charge in [-0.25, -0.2) is 4.98 Å². The molecule has 0 aliphatic heterocycles. The van der Waals surface area contributed by atoms with Crippen LogP contribution < -0.4 is 5.73 Å². The largest absolute Gasteiger partial charge is 0.480 e. The fourth-order valence-corrected chi connectivity index (χ4v) is 0.782. The Bertz CT molecular complexity index is 361. The van der Waals surface area contributed by atoms with Crippen LogP contribution in [-0.4, -0.2) is 26.7 Å². The van der Waals surface area contributed by atoms with E-state index in [2.05, 4.69) is 4.98 Å². The van der Waals surface area contributed by atoms with Crippen LogP contribution >= 0.6 is 0 Å².